The van der Waals surface area contributed by atoms with E-state index in [1.165, 1.54) is 12.8 Å². The number of amides is 1. The number of rotatable bonds is 2. The maximum atomic E-state index is 12.4. The Bertz CT molecular complexity index is 389. The molecule has 0 radical (unpaired) electrons. The highest BCUT2D eigenvalue weighted by Gasteiger charge is 2.26. The van der Waals surface area contributed by atoms with Crippen molar-refractivity contribution in [1.29, 1.82) is 0 Å². The molecule has 2 rings (SSSR count). The Morgan fingerprint density at radius 1 is 1.53 bits per heavy atom. The molecule has 0 N–H and O–H groups in total. The number of hydrogen-bond acceptors (Lipinski definition) is 2. The van der Waals surface area contributed by atoms with Gasteiger partial charge in [-0.25, -0.2) is 0 Å². The van der Waals surface area contributed by atoms with Gasteiger partial charge in [0.25, 0.3) is 5.91 Å². The van der Waals surface area contributed by atoms with Crippen molar-refractivity contribution in [2.45, 2.75) is 45.1 Å². The maximum absolute atomic E-state index is 12.4. The van der Waals surface area contributed by atoms with Crippen LogP contribution in [0.15, 0.2) is 21.4 Å². The lowest BCUT2D eigenvalue weighted by Gasteiger charge is -2.29. The summed E-state index contributed by atoms with van der Waals surface area (Å²) < 4.78 is 5.69. The van der Waals surface area contributed by atoms with Crippen molar-refractivity contribution in [2.24, 2.45) is 0 Å². The molecule has 0 aromatic carbocycles. The highest BCUT2D eigenvalue weighted by molar-refractivity contribution is 9.10. The molecule has 1 atom stereocenters. The summed E-state index contributed by atoms with van der Waals surface area (Å²) in [5.41, 5.74) is 0.644. The number of halogens is 1. The van der Waals surface area contributed by atoms with Gasteiger partial charge in [-0.1, -0.05) is 19.8 Å². The second kappa shape index (κ2) is 5.71. The van der Waals surface area contributed by atoms with E-state index in [2.05, 4.69) is 22.9 Å². The molecule has 0 spiro atoms. The van der Waals surface area contributed by atoms with Crippen LogP contribution in [0.3, 0.4) is 0 Å². The van der Waals surface area contributed by atoms with Crippen molar-refractivity contribution in [3.63, 3.8) is 0 Å². The summed E-state index contributed by atoms with van der Waals surface area (Å²) in [4.78, 5) is 14.5. The van der Waals surface area contributed by atoms with Crippen molar-refractivity contribution in [1.82, 2.24) is 4.90 Å². The molecule has 1 unspecified atom stereocenters. The van der Waals surface area contributed by atoms with Gasteiger partial charge in [0.2, 0.25) is 0 Å². The quantitative estimate of drug-likeness (QED) is 0.831. The molecule has 0 saturated carbocycles. The minimum Gasteiger partial charge on any atom is -0.457 e. The summed E-state index contributed by atoms with van der Waals surface area (Å²) >= 11 is 3.28. The maximum Gasteiger partial charge on any atom is 0.258 e. The van der Waals surface area contributed by atoms with Crippen LogP contribution in [-0.4, -0.2) is 23.4 Å². The van der Waals surface area contributed by atoms with Crippen LogP contribution >= 0.6 is 15.9 Å². The van der Waals surface area contributed by atoms with Gasteiger partial charge in [-0.05, 0) is 41.3 Å². The third kappa shape index (κ3) is 2.73. The Kier molecular flexibility index (Phi) is 4.26. The lowest BCUT2D eigenvalue weighted by atomic mass is 10.1. The largest absolute Gasteiger partial charge is 0.457 e. The first-order valence-corrected chi connectivity index (χ1v) is 7.07. The average Bonchev–Trinajstić information content (AvgIpc) is 2.64. The Hall–Kier alpha value is -0.770. The minimum atomic E-state index is 0.0966. The molecule has 1 fully saturated rings. The van der Waals surface area contributed by atoms with Crippen LogP contribution in [0.2, 0.25) is 0 Å². The summed E-state index contributed by atoms with van der Waals surface area (Å²) in [5.74, 6) is 0.0966. The van der Waals surface area contributed by atoms with Crippen molar-refractivity contribution in [3.05, 3.63) is 22.6 Å². The third-order valence-corrected chi connectivity index (χ3v) is 4.07. The Morgan fingerprint density at radius 2 is 2.35 bits per heavy atom. The SMILES string of the molecule is CCC1CCCCCN1C(=O)c1ccoc1Br. The molecule has 17 heavy (non-hydrogen) atoms. The van der Waals surface area contributed by atoms with Gasteiger partial charge in [-0.15, -0.1) is 0 Å². The van der Waals surface area contributed by atoms with Gasteiger partial charge in [0.05, 0.1) is 11.8 Å². The topological polar surface area (TPSA) is 33.5 Å². The molecule has 1 aromatic heterocycles. The summed E-state index contributed by atoms with van der Waals surface area (Å²) in [6.45, 7) is 3.02. The van der Waals surface area contributed by atoms with Crippen LogP contribution in [0.5, 0.6) is 0 Å². The van der Waals surface area contributed by atoms with Gasteiger partial charge >= 0.3 is 0 Å². The number of furan rings is 1. The molecule has 1 amide bonds. The van der Waals surface area contributed by atoms with E-state index in [0.29, 0.717) is 16.3 Å². The summed E-state index contributed by atoms with van der Waals surface area (Å²) in [7, 11) is 0. The summed E-state index contributed by atoms with van der Waals surface area (Å²) in [6.07, 6.45) is 7.27. The fraction of sp³-hybridized carbons (Fsp3) is 0.615. The zero-order valence-electron chi connectivity index (χ0n) is 10.1. The fourth-order valence-electron chi connectivity index (χ4n) is 2.47. The van der Waals surface area contributed by atoms with Crippen molar-refractivity contribution in [3.8, 4) is 0 Å². The van der Waals surface area contributed by atoms with Crippen LogP contribution in [0, 0.1) is 0 Å². The molecule has 1 aliphatic heterocycles. The van der Waals surface area contributed by atoms with Gasteiger partial charge < -0.3 is 9.32 Å². The first-order chi connectivity index (χ1) is 8.24. The van der Waals surface area contributed by atoms with Gasteiger partial charge in [0.15, 0.2) is 4.67 Å². The Morgan fingerprint density at radius 3 is 3.00 bits per heavy atom. The lowest BCUT2D eigenvalue weighted by molar-refractivity contribution is 0.0676. The van der Waals surface area contributed by atoms with Crippen LogP contribution in [0.4, 0.5) is 0 Å². The molecular formula is C13H18BrNO2. The third-order valence-electron chi connectivity index (χ3n) is 3.46. The van der Waals surface area contributed by atoms with E-state index < -0.39 is 0 Å². The highest BCUT2D eigenvalue weighted by atomic mass is 79.9. The van der Waals surface area contributed by atoms with Crippen molar-refractivity contribution < 1.29 is 9.21 Å². The van der Waals surface area contributed by atoms with Crippen LogP contribution < -0.4 is 0 Å². The number of nitrogens with zero attached hydrogens (tertiary/aromatic N) is 1. The lowest BCUT2D eigenvalue weighted by Crippen LogP contribution is -2.39. The van der Waals surface area contributed by atoms with Gasteiger partial charge in [-0.3, -0.25) is 4.79 Å². The number of carbonyl (C=O) groups is 1. The minimum absolute atomic E-state index is 0.0966. The average molecular weight is 300 g/mol. The molecule has 4 heteroatoms. The second-order valence-corrected chi connectivity index (χ2v) is 5.24. The zero-order chi connectivity index (χ0) is 12.3. The van der Waals surface area contributed by atoms with E-state index in [4.69, 9.17) is 4.42 Å². The Balaban J connectivity index is 2.18. The summed E-state index contributed by atoms with van der Waals surface area (Å²) in [5, 5.41) is 0. The molecule has 1 saturated heterocycles. The Labute approximate surface area is 110 Å². The van der Waals surface area contributed by atoms with Gasteiger partial charge in [0.1, 0.15) is 0 Å². The predicted molar refractivity (Wildman–Crippen MR) is 70.0 cm³/mol. The van der Waals surface area contributed by atoms with Crippen LogP contribution in [0.25, 0.3) is 0 Å². The van der Waals surface area contributed by atoms with E-state index in [-0.39, 0.29) is 5.91 Å². The first kappa shape index (κ1) is 12.7. The van der Waals surface area contributed by atoms with E-state index in [1.54, 1.807) is 12.3 Å². The molecule has 2 heterocycles. The molecule has 0 bridgehead atoms. The van der Waals surface area contributed by atoms with Crippen LogP contribution in [-0.2, 0) is 0 Å². The molecular weight excluding hydrogens is 282 g/mol. The van der Waals surface area contributed by atoms with E-state index in [0.717, 1.165) is 25.8 Å². The fourth-order valence-corrected chi connectivity index (χ4v) is 2.88. The van der Waals surface area contributed by atoms with E-state index in [1.807, 2.05) is 4.90 Å². The number of carbonyl (C=O) groups excluding carboxylic acids is 1. The zero-order valence-corrected chi connectivity index (χ0v) is 11.7. The highest BCUT2D eigenvalue weighted by Crippen LogP contribution is 2.25. The molecule has 1 aliphatic rings. The monoisotopic (exact) mass is 299 g/mol. The molecule has 0 aliphatic carbocycles. The van der Waals surface area contributed by atoms with Crippen LogP contribution in [0.1, 0.15) is 49.4 Å². The van der Waals surface area contributed by atoms with E-state index >= 15 is 0 Å². The first-order valence-electron chi connectivity index (χ1n) is 6.28. The number of hydrogen-bond donors (Lipinski definition) is 0. The molecule has 94 valence electrons. The summed E-state index contributed by atoms with van der Waals surface area (Å²) in [6, 6.07) is 2.12. The van der Waals surface area contributed by atoms with Gasteiger partial charge in [0, 0.05) is 12.6 Å². The van der Waals surface area contributed by atoms with Crippen molar-refractivity contribution in [2.75, 3.05) is 6.54 Å². The standard InChI is InChI=1S/C13H18BrNO2/c1-2-10-6-4-3-5-8-15(10)13(16)11-7-9-17-12(11)14/h7,9-10H,2-6,8H2,1H3. The van der Waals surface area contributed by atoms with E-state index in [9.17, 15) is 4.79 Å². The smallest absolute Gasteiger partial charge is 0.258 e. The van der Waals surface area contributed by atoms with Crippen molar-refractivity contribution >= 4 is 21.8 Å². The number of likely N-dealkylation sites (tertiary alicyclic amines) is 1. The molecule has 1 aromatic rings. The normalized spacial score (nSPS) is 21.3. The predicted octanol–water partition coefficient (Wildman–Crippen LogP) is 3.84. The second-order valence-electron chi connectivity index (χ2n) is 4.52. The van der Waals surface area contributed by atoms with Gasteiger partial charge in [-0.2, -0.15) is 0 Å². The molecule has 3 nitrogen and oxygen atoms in total.